The summed E-state index contributed by atoms with van der Waals surface area (Å²) in [7, 11) is 0. The molecule has 92 valence electrons. The number of aliphatic carboxylic acids is 1. The molecule has 1 heterocycles. The third-order valence-electron chi connectivity index (χ3n) is 2.11. The third-order valence-corrected chi connectivity index (χ3v) is 2.11. The average Bonchev–Trinajstić information content (AvgIpc) is 2.26. The number of hydrogen-bond acceptors (Lipinski definition) is 5. The summed E-state index contributed by atoms with van der Waals surface area (Å²) in [6.45, 7) is 2.25. The van der Waals surface area contributed by atoms with Crippen molar-refractivity contribution in [1.29, 1.82) is 0 Å². The topological polar surface area (TPSA) is 105 Å². The molecule has 0 aliphatic carbocycles. The standard InChI is InChI=1S/C10H13N3O4/c1-7(4-10(14)15)5-11-9-3-2-8(6-12-9)13(16)17/h2-3,6-7H,4-5H2,1H3,(H,11,12)(H,14,15). The van der Waals surface area contributed by atoms with Crippen LogP contribution in [0.3, 0.4) is 0 Å². The van der Waals surface area contributed by atoms with Gasteiger partial charge in [-0.3, -0.25) is 14.9 Å². The van der Waals surface area contributed by atoms with Crippen molar-refractivity contribution in [3.8, 4) is 0 Å². The van der Waals surface area contributed by atoms with Gasteiger partial charge in [0.15, 0.2) is 0 Å². The Hall–Kier alpha value is -2.18. The highest BCUT2D eigenvalue weighted by molar-refractivity contribution is 5.67. The van der Waals surface area contributed by atoms with Crippen LogP contribution in [0, 0.1) is 16.0 Å². The fourth-order valence-electron chi connectivity index (χ4n) is 1.25. The van der Waals surface area contributed by atoms with Crippen molar-refractivity contribution in [2.75, 3.05) is 11.9 Å². The van der Waals surface area contributed by atoms with E-state index in [-0.39, 0.29) is 18.0 Å². The fraction of sp³-hybridized carbons (Fsp3) is 0.400. The molecule has 0 radical (unpaired) electrons. The Labute approximate surface area is 97.6 Å². The Kier molecular flexibility index (Phi) is 4.38. The van der Waals surface area contributed by atoms with E-state index in [1.54, 1.807) is 6.92 Å². The Morgan fingerprint density at radius 3 is 2.82 bits per heavy atom. The van der Waals surface area contributed by atoms with E-state index in [1.165, 1.54) is 12.1 Å². The molecule has 1 atom stereocenters. The van der Waals surface area contributed by atoms with Gasteiger partial charge in [0.25, 0.3) is 5.69 Å². The van der Waals surface area contributed by atoms with Crippen molar-refractivity contribution in [3.05, 3.63) is 28.4 Å². The molecule has 7 nitrogen and oxygen atoms in total. The molecule has 1 unspecified atom stereocenters. The summed E-state index contributed by atoms with van der Waals surface area (Å²) in [4.78, 5) is 24.1. The predicted octanol–water partition coefficient (Wildman–Crippen LogP) is 1.51. The molecule has 0 saturated heterocycles. The Bertz CT molecular complexity index is 405. The lowest BCUT2D eigenvalue weighted by Gasteiger charge is -2.10. The lowest BCUT2D eigenvalue weighted by atomic mass is 10.1. The summed E-state index contributed by atoms with van der Waals surface area (Å²) in [5.74, 6) is -0.395. The van der Waals surface area contributed by atoms with Gasteiger partial charge in [0.05, 0.1) is 4.92 Å². The zero-order valence-corrected chi connectivity index (χ0v) is 9.29. The van der Waals surface area contributed by atoms with E-state index in [0.29, 0.717) is 12.4 Å². The molecule has 1 rings (SSSR count). The number of aromatic nitrogens is 1. The fourth-order valence-corrected chi connectivity index (χ4v) is 1.25. The van der Waals surface area contributed by atoms with Crippen LogP contribution in [0.5, 0.6) is 0 Å². The highest BCUT2D eigenvalue weighted by Gasteiger charge is 2.08. The van der Waals surface area contributed by atoms with E-state index in [2.05, 4.69) is 10.3 Å². The second-order valence-electron chi connectivity index (χ2n) is 3.74. The van der Waals surface area contributed by atoms with Crippen LogP contribution in [0.15, 0.2) is 18.3 Å². The van der Waals surface area contributed by atoms with E-state index in [9.17, 15) is 14.9 Å². The maximum absolute atomic E-state index is 10.4. The van der Waals surface area contributed by atoms with Crippen molar-refractivity contribution in [2.45, 2.75) is 13.3 Å². The molecule has 0 saturated carbocycles. The average molecular weight is 239 g/mol. The number of pyridine rings is 1. The van der Waals surface area contributed by atoms with E-state index in [4.69, 9.17) is 5.11 Å². The summed E-state index contributed by atoms with van der Waals surface area (Å²) >= 11 is 0. The molecule has 17 heavy (non-hydrogen) atoms. The molecular formula is C10H13N3O4. The smallest absolute Gasteiger partial charge is 0.303 e. The second-order valence-corrected chi connectivity index (χ2v) is 3.74. The maximum Gasteiger partial charge on any atom is 0.303 e. The molecule has 7 heteroatoms. The van der Waals surface area contributed by atoms with Gasteiger partial charge in [-0.15, -0.1) is 0 Å². The number of anilines is 1. The summed E-state index contributed by atoms with van der Waals surface area (Å²) < 4.78 is 0. The molecule has 2 N–H and O–H groups in total. The molecule has 1 aromatic heterocycles. The summed E-state index contributed by atoms with van der Waals surface area (Å²) in [5.41, 5.74) is -0.0749. The molecule has 0 spiro atoms. The molecule has 0 aliphatic rings. The lowest BCUT2D eigenvalue weighted by molar-refractivity contribution is -0.385. The van der Waals surface area contributed by atoms with Gasteiger partial charge >= 0.3 is 5.97 Å². The minimum atomic E-state index is -0.851. The molecule has 0 bridgehead atoms. The molecule has 0 aliphatic heterocycles. The quantitative estimate of drug-likeness (QED) is 0.575. The van der Waals surface area contributed by atoms with E-state index >= 15 is 0 Å². The van der Waals surface area contributed by atoms with E-state index in [1.807, 2.05) is 0 Å². The highest BCUT2D eigenvalue weighted by atomic mass is 16.6. The van der Waals surface area contributed by atoms with Crippen LogP contribution < -0.4 is 5.32 Å². The summed E-state index contributed by atoms with van der Waals surface area (Å²) in [6.07, 6.45) is 1.23. The minimum Gasteiger partial charge on any atom is -0.481 e. The lowest BCUT2D eigenvalue weighted by Crippen LogP contribution is -2.15. The van der Waals surface area contributed by atoms with Crippen molar-refractivity contribution in [2.24, 2.45) is 5.92 Å². The first kappa shape index (κ1) is 12.9. The van der Waals surface area contributed by atoms with Crippen molar-refractivity contribution in [3.63, 3.8) is 0 Å². The molecule has 0 aromatic carbocycles. The monoisotopic (exact) mass is 239 g/mol. The first-order chi connectivity index (χ1) is 7.99. The normalized spacial score (nSPS) is 11.8. The maximum atomic E-state index is 10.4. The number of carboxylic acids is 1. The number of carbonyl (C=O) groups is 1. The number of rotatable bonds is 6. The number of carboxylic acid groups (broad SMARTS) is 1. The Morgan fingerprint density at radius 1 is 1.65 bits per heavy atom. The Balaban J connectivity index is 2.47. The molecule has 0 amide bonds. The van der Waals surface area contributed by atoms with Gasteiger partial charge in [0.1, 0.15) is 12.0 Å². The SMILES string of the molecule is CC(CNc1ccc([N+](=O)[O-])cn1)CC(=O)O. The van der Waals surface area contributed by atoms with Gasteiger partial charge in [0, 0.05) is 19.0 Å². The van der Waals surface area contributed by atoms with Crippen LogP contribution >= 0.6 is 0 Å². The third kappa shape index (κ3) is 4.45. The van der Waals surface area contributed by atoms with Gasteiger partial charge < -0.3 is 10.4 Å². The van der Waals surface area contributed by atoms with E-state index in [0.717, 1.165) is 6.20 Å². The summed E-state index contributed by atoms with van der Waals surface area (Å²) in [5, 5.41) is 21.9. The largest absolute Gasteiger partial charge is 0.481 e. The van der Waals surface area contributed by atoms with Gasteiger partial charge in [-0.1, -0.05) is 6.92 Å². The zero-order valence-electron chi connectivity index (χ0n) is 9.29. The predicted molar refractivity (Wildman–Crippen MR) is 60.8 cm³/mol. The first-order valence-corrected chi connectivity index (χ1v) is 5.05. The van der Waals surface area contributed by atoms with Crippen LogP contribution in [0.1, 0.15) is 13.3 Å². The van der Waals surface area contributed by atoms with Gasteiger partial charge in [-0.05, 0) is 12.0 Å². The van der Waals surface area contributed by atoms with Gasteiger partial charge in [-0.25, -0.2) is 4.98 Å². The van der Waals surface area contributed by atoms with Crippen LogP contribution in [0.25, 0.3) is 0 Å². The first-order valence-electron chi connectivity index (χ1n) is 5.05. The van der Waals surface area contributed by atoms with Crippen LogP contribution in [0.4, 0.5) is 11.5 Å². The van der Waals surface area contributed by atoms with Crippen molar-refractivity contribution >= 4 is 17.5 Å². The minimum absolute atomic E-state index is 0.0375. The van der Waals surface area contributed by atoms with Crippen LogP contribution in [-0.4, -0.2) is 27.5 Å². The van der Waals surface area contributed by atoms with Crippen molar-refractivity contribution < 1.29 is 14.8 Å². The molecule has 1 aromatic rings. The second kappa shape index (κ2) is 5.78. The number of hydrogen-bond donors (Lipinski definition) is 2. The van der Waals surface area contributed by atoms with Crippen molar-refractivity contribution in [1.82, 2.24) is 4.98 Å². The highest BCUT2D eigenvalue weighted by Crippen LogP contribution is 2.12. The Morgan fingerprint density at radius 2 is 2.35 bits per heavy atom. The molecule has 0 fully saturated rings. The number of nitrogens with one attached hydrogen (secondary N) is 1. The number of nitrogens with zero attached hydrogens (tertiary/aromatic N) is 2. The van der Waals surface area contributed by atoms with Gasteiger partial charge in [0.2, 0.25) is 0 Å². The van der Waals surface area contributed by atoms with Crippen LogP contribution in [-0.2, 0) is 4.79 Å². The van der Waals surface area contributed by atoms with Crippen LogP contribution in [0.2, 0.25) is 0 Å². The number of nitro groups is 1. The van der Waals surface area contributed by atoms with E-state index < -0.39 is 10.9 Å². The molecular weight excluding hydrogens is 226 g/mol. The zero-order chi connectivity index (χ0) is 12.8. The van der Waals surface area contributed by atoms with Gasteiger partial charge in [-0.2, -0.15) is 0 Å². The summed E-state index contributed by atoms with van der Waals surface area (Å²) in [6, 6.07) is 2.84.